The highest BCUT2D eigenvalue weighted by molar-refractivity contribution is 7.91. The van der Waals surface area contributed by atoms with Gasteiger partial charge in [-0.2, -0.15) is 4.31 Å². The van der Waals surface area contributed by atoms with Crippen molar-refractivity contribution in [3.05, 3.63) is 52.1 Å². The van der Waals surface area contributed by atoms with Gasteiger partial charge < -0.3 is 5.32 Å². The molecule has 9 heteroatoms. The van der Waals surface area contributed by atoms with Gasteiger partial charge in [0.05, 0.1) is 4.34 Å². The zero-order valence-corrected chi connectivity index (χ0v) is 17.8. The molecule has 3 rings (SSSR count). The standard InChI is InChI=1S/C19H22ClFN2O3S2/c1-13(19(24)22-12-14-2-4-16(21)5-3-14)15-8-10-23(11-9-15)28(25,26)18-7-6-17(20)27-18/h2-7,13,15H,8-12H2,1H3,(H,22,24)/t13-/m0/s1. The third-order valence-corrected chi connectivity index (χ3v) is 8.74. The van der Waals surface area contributed by atoms with Crippen LogP contribution < -0.4 is 5.32 Å². The summed E-state index contributed by atoms with van der Waals surface area (Å²) < 4.78 is 40.4. The Kier molecular flexibility index (Phi) is 6.75. The molecule has 1 aliphatic rings. The lowest BCUT2D eigenvalue weighted by atomic mass is 9.85. The summed E-state index contributed by atoms with van der Waals surface area (Å²) in [6.07, 6.45) is 1.26. The smallest absolute Gasteiger partial charge is 0.252 e. The maximum atomic E-state index is 12.9. The molecule has 1 atom stereocenters. The molecule has 0 bridgehead atoms. The Bertz CT molecular complexity index is 923. The van der Waals surface area contributed by atoms with E-state index in [9.17, 15) is 17.6 Å². The summed E-state index contributed by atoms with van der Waals surface area (Å²) in [5.41, 5.74) is 0.831. The van der Waals surface area contributed by atoms with Gasteiger partial charge in [-0.15, -0.1) is 11.3 Å². The van der Waals surface area contributed by atoms with Crippen LogP contribution in [0, 0.1) is 17.7 Å². The second-order valence-electron chi connectivity index (χ2n) is 6.93. The molecule has 0 radical (unpaired) electrons. The van der Waals surface area contributed by atoms with E-state index in [-0.39, 0.29) is 27.8 Å². The topological polar surface area (TPSA) is 66.5 Å². The molecule has 1 saturated heterocycles. The molecular formula is C19H22ClFN2O3S2. The van der Waals surface area contributed by atoms with Crippen molar-refractivity contribution in [3.63, 3.8) is 0 Å². The molecule has 2 heterocycles. The Morgan fingerprint density at radius 1 is 1.25 bits per heavy atom. The van der Waals surface area contributed by atoms with Crippen LogP contribution in [0.15, 0.2) is 40.6 Å². The van der Waals surface area contributed by atoms with Crippen molar-refractivity contribution >= 4 is 38.9 Å². The summed E-state index contributed by atoms with van der Waals surface area (Å²) >= 11 is 6.91. The van der Waals surface area contributed by atoms with Gasteiger partial charge >= 0.3 is 0 Å². The highest BCUT2D eigenvalue weighted by Gasteiger charge is 2.34. The zero-order valence-electron chi connectivity index (χ0n) is 15.4. The highest BCUT2D eigenvalue weighted by atomic mass is 35.5. The summed E-state index contributed by atoms with van der Waals surface area (Å²) in [6.45, 7) is 2.99. The number of thiophene rings is 1. The van der Waals surface area contributed by atoms with E-state index >= 15 is 0 Å². The number of hydrogen-bond donors (Lipinski definition) is 1. The SMILES string of the molecule is C[C@H](C(=O)NCc1ccc(F)cc1)C1CCN(S(=O)(=O)c2ccc(Cl)s2)CC1. The van der Waals surface area contributed by atoms with Crippen molar-refractivity contribution in [2.75, 3.05) is 13.1 Å². The summed E-state index contributed by atoms with van der Waals surface area (Å²) in [7, 11) is -3.52. The number of piperidine rings is 1. The molecule has 1 aromatic carbocycles. The molecule has 1 aliphatic heterocycles. The van der Waals surface area contributed by atoms with Crippen LogP contribution in [0.25, 0.3) is 0 Å². The largest absolute Gasteiger partial charge is 0.352 e. The summed E-state index contributed by atoms with van der Waals surface area (Å²) in [5, 5.41) is 2.88. The Morgan fingerprint density at radius 2 is 1.89 bits per heavy atom. The van der Waals surface area contributed by atoms with Gasteiger partial charge in [0, 0.05) is 25.6 Å². The molecule has 1 aromatic heterocycles. The number of nitrogens with one attached hydrogen (secondary N) is 1. The predicted molar refractivity (Wildman–Crippen MR) is 108 cm³/mol. The Labute approximate surface area is 173 Å². The number of halogens is 2. The van der Waals surface area contributed by atoms with E-state index in [1.165, 1.54) is 22.5 Å². The van der Waals surface area contributed by atoms with E-state index in [0.29, 0.717) is 36.8 Å². The van der Waals surface area contributed by atoms with E-state index in [0.717, 1.165) is 16.9 Å². The van der Waals surface area contributed by atoms with Crippen molar-refractivity contribution in [1.29, 1.82) is 0 Å². The van der Waals surface area contributed by atoms with E-state index in [4.69, 9.17) is 11.6 Å². The Balaban J connectivity index is 1.52. The number of nitrogens with zero attached hydrogens (tertiary/aromatic N) is 1. The first-order chi connectivity index (χ1) is 13.3. The molecule has 152 valence electrons. The number of rotatable bonds is 6. The van der Waals surface area contributed by atoms with Crippen LogP contribution in [0.5, 0.6) is 0 Å². The minimum atomic E-state index is -3.52. The number of sulfonamides is 1. The maximum Gasteiger partial charge on any atom is 0.252 e. The third-order valence-electron chi connectivity index (χ3n) is 5.14. The van der Waals surface area contributed by atoms with Crippen LogP contribution in [-0.2, 0) is 21.4 Å². The first-order valence-electron chi connectivity index (χ1n) is 9.05. The minimum Gasteiger partial charge on any atom is -0.352 e. The van der Waals surface area contributed by atoms with Crippen molar-refractivity contribution in [2.24, 2.45) is 11.8 Å². The second-order valence-corrected chi connectivity index (χ2v) is 10.8. The van der Waals surface area contributed by atoms with E-state index in [1.807, 2.05) is 6.92 Å². The number of carbonyl (C=O) groups excluding carboxylic acids is 1. The first kappa shape index (κ1) is 21.2. The van der Waals surface area contributed by atoms with Gasteiger partial charge in [-0.25, -0.2) is 12.8 Å². The van der Waals surface area contributed by atoms with Gasteiger partial charge in [0.25, 0.3) is 10.0 Å². The zero-order chi connectivity index (χ0) is 20.3. The number of carbonyl (C=O) groups is 1. The van der Waals surface area contributed by atoms with Crippen LogP contribution in [0.2, 0.25) is 4.34 Å². The first-order valence-corrected chi connectivity index (χ1v) is 11.7. The summed E-state index contributed by atoms with van der Waals surface area (Å²) in [5.74, 6) is -0.487. The Morgan fingerprint density at radius 3 is 2.46 bits per heavy atom. The highest BCUT2D eigenvalue weighted by Crippen LogP contribution is 2.32. The number of hydrogen-bond acceptors (Lipinski definition) is 4. The third kappa shape index (κ3) is 4.92. The fourth-order valence-corrected chi connectivity index (χ4v) is 6.45. The molecule has 0 aliphatic carbocycles. The van der Waals surface area contributed by atoms with E-state index < -0.39 is 10.0 Å². The van der Waals surface area contributed by atoms with Crippen LogP contribution >= 0.6 is 22.9 Å². The van der Waals surface area contributed by atoms with Crippen molar-refractivity contribution in [2.45, 2.75) is 30.5 Å². The normalized spacial score (nSPS) is 17.4. The fourth-order valence-electron chi connectivity index (χ4n) is 3.35. The van der Waals surface area contributed by atoms with Gasteiger partial charge in [0.15, 0.2) is 0 Å². The van der Waals surface area contributed by atoms with Gasteiger partial charge in [0.1, 0.15) is 10.0 Å². The van der Waals surface area contributed by atoms with E-state index in [1.54, 1.807) is 18.2 Å². The van der Waals surface area contributed by atoms with Crippen molar-refractivity contribution in [1.82, 2.24) is 9.62 Å². The average Bonchev–Trinajstić information content (AvgIpc) is 3.14. The van der Waals surface area contributed by atoms with E-state index in [2.05, 4.69) is 5.32 Å². The van der Waals surface area contributed by atoms with Gasteiger partial charge in [-0.05, 0) is 48.6 Å². The Hall–Kier alpha value is -1.48. The lowest BCUT2D eigenvalue weighted by molar-refractivity contribution is -0.126. The van der Waals surface area contributed by atoms with Crippen LogP contribution in [0.3, 0.4) is 0 Å². The molecule has 0 unspecified atom stereocenters. The minimum absolute atomic E-state index is 0.0735. The van der Waals surface area contributed by atoms with Crippen molar-refractivity contribution < 1.29 is 17.6 Å². The molecular weight excluding hydrogens is 423 g/mol. The van der Waals surface area contributed by atoms with Crippen molar-refractivity contribution in [3.8, 4) is 0 Å². The lowest BCUT2D eigenvalue weighted by Crippen LogP contribution is -2.42. The molecule has 28 heavy (non-hydrogen) atoms. The predicted octanol–water partition coefficient (Wildman–Crippen LogP) is 3.89. The molecule has 0 saturated carbocycles. The fraction of sp³-hybridized carbons (Fsp3) is 0.421. The number of benzene rings is 1. The van der Waals surface area contributed by atoms with Crippen LogP contribution in [0.1, 0.15) is 25.3 Å². The monoisotopic (exact) mass is 444 g/mol. The molecule has 1 N–H and O–H groups in total. The average molecular weight is 445 g/mol. The lowest BCUT2D eigenvalue weighted by Gasteiger charge is -2.33. The van der Waals surface area contributed by atoms with Crippen LogP contribution in [-0.4, -0.2) is 31.7 Å². The second kappa shape index (κ2) is 8.90. The molecule has 5 nitrogen and oxygen atoms in total. The van der Waals surface area contributed by atoms with Gasteiger partial charge in [-0.3, -0.25) is 4.79 Å². The van der Waals surface area contributed by atoms with Crippen LogP contribution in [0.4, 0.5) is 4.39 Å². The van der Waals surface area contributed by atoms with Gasteiger partial charge in [0.2, 0.25) is 5.91 Å². The summed E-state index contributed by atoms with van der Waals surface area (Å²) in [4.78, 5) is 12.5. The maximum absolute atomic E-state index is 12.9. The number of amides is 1. The molecule has 2 aromatic rings. The molecule has 0 spiro atoms. The van der Waals surface area contributed by atoms with Gasteiger partial charge in [-0.1, -0.05) is 30.7 Å². The molecule has 1 fully saturated rings. The quantitative estimate of drug-likeness (QED) is 0.734. The summed E-state index contributed by atoms with van der Waals surface area (Å²) in [6, 6.07) is 9.12. The molecule has 1 amide bonds.